The minimum Gasteiger partial charge on any atom is -0.458 e. The lowest BCUT2D eigenvalue weighted by molar-refractivity contribution is -0.139. The van der Waals surface area contributed by atoms with Crippen LogP contribution in [0.3, 0.4) is 0 Å². The van der Waals surface area contributed by atoms with Crippen LogP contribution in [0.2, 0.25) is 0 Å². The number of esters is 1. The smallest absolute Gasteiger partial charge is 0.332 e. The predicted molar refractivity (Wildman–Crippen MR) is 104 cm³/mol. The van der Waals surface area contributed by atoms with Gasteiger partial charge in [-0.05, 0) is 59.2 Å². The summed E-state index contributed by atoms with van der Waals surface area (Å²) in [7, 11) is 0. The number of nitrogens with one attached hydrogen (secondary N) is 1. The van der Waals surface area contributed by atoms with Crippen LogP contribution in [0.5, 0.6) is 0 Å². The second-order valence-electron chi connectivity index (χ2n) is 5.33. The SMILES string of the molecule is C/C(=C\C(=O)OCc1ccccc1)Nc1ccc(CCO)cc1I. The van der Waals surface area contributed by atoms with E-state index in [-0.39, 0.29) is 19.2 Å². The maximum Gasteiger partial charge on any atom is 0.332 e. The standard InChI is InChI=1S/C19H20INO3/c1-14(11-19(23)24-13-16-5-3-2-4-6-16)21-18-8-7-15(9-10-22)12-17(18)20/h2-8,11-12,21-22H,9-10,13H2,1H3/b14-11+. The van der Waals surface area contributed by atoms with Crippen LogP contribution in [0.25, 0.3) is 0 Å². The van der Waals surface area contributed by atoms with Crippen LogP contribution in [0.1, 0.15) is 18.1 Å². The van der Waals surface area contributed by atoms with Gasteiger partial charge in [0.2, 0.25) is 0 Å². The third kappa shape index (κ3) is 5.98. The van der Waals surface area contributed by atoms with Crippen molar-refractivity contribution in [1.29, 1.82) is 0 Å². The van der Waals surface area contributed by atoms with Gasteiger partial charge in [0.05, 0.1) is 5.69 Å². The van der Waals surface area contributed by atoms with Crippen molar-refractivity contribution in [3.05, 3.63) is 75.0 Å². The number of carbonyl (C=O) groups is 1. The van der Waals surface area contributed by atoms with Crippen LogP contribution < -0.4 is 5.32 Å². The van der Waals surface area contributed by atoms with E-state index in [9.17, 15) is 4.79 Å². The van der Waals surface area contributed by atoms with E-state index in [1.807, 2.05) is 55.5 Å². The van der Waals surface area contributed by atoms with Crippen molar-refractivity contribution in [2.75, 3.05) is 11.9 Å². The number of benzene rings is 2. The summed E-state index contributed by atoms with van der Waals surface area (Å²) in [4.78, 5) is 11.9. The molecule has 126 valence electrons. The van der Waals surface area contributed by atoms with Gasteiger partial charge in [-0.2, -0.15) is 0 Å². The topological polar surface area (TPSA) is 58.6 Å². The van der Waals surface area contributed by atoms with Crippen molar-refractivity contribution < 1.29 is 14.6 Å². The zero-order valence-corrected chi connectivity index (χ0v) is 15.6. The number of ether oxygens (including phenoxy) is 1. The fraction of sp³-hybridized carbons (Fsp3) is 0.211. The molecule has 0 atom stereocenters. The van der Waals surface area contributed by atoms with Crippen molar-refractivity contribution in [3.8, 4) is 0 Å². The van der Waals surface area contributed by atoms with Crippen molar-refractivity contribution in [3.63, 3.8) is 0 Å². The number of hydrogen-bond donors (Lipinski definition) is 2. The molecule has 24 heavy (non-hydrogen) atoms. The van der Waals surface area contributed by atoms with Crippen LogP contribution in [0.4, 0.5) is 5.69 Å². The van der Waals surface area contributed by atoms with E-state index in [0.717, 1.165) is 20.4 Å². The lowest BCUT2D eigenvalue weighted by Gasteiger charge is -2.10. The Bertz CT molecular complexity index is 714. The van der Waals surface area contributed by atoms with E-state index in [2.05, 4.69) is 27.9 Å². The molecule has 2 rings (SSSR count). The first-order valence-electron chi connectivity index (χ1n) is 7.64. The maximum atomic E-state index is 11.9. The van der Waals surface area contributed by atoms with E-state index < -0.39 is 0 Å². The van der Waals surface area contributed by atoms with Crippen molar-refractivity contribution >= 4 is 34.2 Å². The molecule has 4 nitrogen and oxygen atoms in total. The Morgan fingerprint density at radius 3 is 2.62 bits per heavy atom. The monoisotopic (exact) mass is 437 g/mol. The second kappa shape index (κ2) is 9.44. The number of carbonyl (C=O) groups excluding carboxylic acids is 1. The summed E-state index contributed by atoms with van der Waals surface area (Å²) in [5.74, 6) is -0.379. The van der Waals surface area contributed by atoms with Crippen LogP contribution >= 0.6 is 22.6 Å². The number of allylic oxidation sites excluding steroid dienone is 1. The molecule has 0 aromatic heterocycles. The average molecular weight is 437 g/mol. The number of halogens is 1. The summed E-state index contributed by atoms with van der Waals surface area (Å²) < 4.78 is 6.26. The quantitative estimate of drug-likeness (QED) is 0.392. The summed E-state index contributed by atoms with van der Waals surface area (Å²) in [6, 6.07) is 15.5. The summed E-state index contributed by atoms with van der Waals surface area (Å²) in [6.07, 6.45) is 2.08. The average Bonchev–Trinajstić information content (AvgIpc) is 2.57. The van der Waals surface area contributed by atoms with Crippen LogP contribution in [-0.2, 0) is 22.6 Å². The molecular formula is C19H20INO3. The third-order valence-corrected chi connectivity index (χ3v) is 4.22. The molecule has 0 fully saturated rings. The number of aliphatic hydroxyl groups is 1. The normalized spacial score (nSPS) is 11.2. The van der Waals surface area contributed by atoms with E-state index in [4.69, 9.17) is 9.84 Å². The second-order valence-corrected chi connectivity index (χ2v) is 6.50. The highest BCUT2D eigenvalue weighted by Crippen LogP contribution is 2.21. The highest BCUT2D eigenvalue weighted by Gasteiger charge is 2.04. The number of hydrogen-bond acceptors (Lipinski definition) is 4. The molecule has 0 heterocycles. The first kappa shape index (κ1) is 18.5. The van der Waals surface area contributed by atoms with Crippen LogP contribution in [0, 0.1) is 3.57 Å². The molecule has 0 unspecified atom stereocenters. The zero-order valence-electron chi connectivity index (χ0n) is 13.5. The zero-order chi connectivity index (χ0) is 17.4. The van der Waals surface area contributed by atoms with Gasteiger partial charge in [0.15, 0.2) is 0 Å². The Labute approximate surface area is 155 Å². The van der Waals surface area contributed by atoms with E-state index >= 15 is 0 Å². The van der Waals surface area contributed by atoms with Crippen molar-refractivity contribution in [2.24, 2.45) is 0 Å². The molecule has 0 radical (unpaired) electrons. The van der Waals surface area contributed by atoms with Crippen LogP contribution in [0.15, 0.2) is 60.3 Å². The lowest BCUT2D eigenvalue weighted by atomic mass is 10.1. The molecule has 0 amide bonds. The molecule has 0 bridgehead atoms. The lowest BCUT2D eigenvalue weighted by Crippen LogP contribution is -2.05. The third-order valence-electron chi connectivity index (χ3n) is 3.32. The van der Waals surface area contributed by atoms with Gasteiger partial charge in [0.1, 0.15) is 6.61 Å². The number of anilines is 1. The summed E-state index contributed by atoms with van der Waals surface area (Å²) >= 11 is 2.23. The fourth-order valence-corrected chi connectivity index (χ4v) is 2.85. The fourth-order valence-electron chi connectivity index (χ4n) is 2.14. The minimum absolute atomic E-state index is 0.134. The molecule has 2 aromatic carbocycles. The van der Waals surface area contributed by atoms with E-state index in [0.29, 0.717) is 12.1 Å². The highest BCUT2D eigenvalue weighted by molar-refractivity contribution is 14.1. The first-order chi connectivity index (χ1) is 11.6. The van der Waals surface area contributed by atoms with E-state index in [1.54, 1.807) is 0 Å². The highest BCUT2D eigenvalue weighted by atomic mass is 127. The summed E-state index contributed by atoms with van der Waals surface area (Å²) in [5, 5.41) is 12.2. The van der Waals surface area contributed by atoms with Gasteiger partial charge in [-0.25, -0.2) is 4.79 Å². The van der Waals surface area contributed by atoms with Gasteiger partial charge in [0, 0.05) is 22.0 Å². The maximum absolute atomic E-state index is 11.9. The molecule has 5 heteroatoms. The van der Waals surface area contributed by atoms with Gasteiger partial charge in [-0.1, -0.05) is 36.4 Å². The Morgan fingerprint density at radius 1 is 1.21 bits per heavy atom. The van der Waals surface area contributed by atoms with Gasteiger partial charge < -0.3 is 15.2 Å². The Balaban J connectivity index is 1.92. The number of aliphatic hydroxyl groups excluding tert-OH is 1. The number of rotatable bonds is 7. The molecule has 2 aromatic rings. The minimum atomic E-state index is -0.379. The summed E-state index contributed by atoms with van der Waals surface area (Å²) in [6.45, 7) is 2.22. The molecule has 0 aliphatic heterocycles. The summed E-state index contributed by atoms with van der Waals surface area (Å²) in [5.41, 5.74) is 3.66. The van der Waals surface area contributed by atoms with Gasteiger partial charge >= 0.3 is 5.97 Å². The molecule has 0 aliphatic carbocycles. The molecular weight excluding hydrogens is 417 g/mol. The molecule has 2 N–H and O–H groups in total. The Kier molecular flexibility index (Phi) is 7.27. The Hall–Kier alpha value is -1.86. The van der Waals surface area contributed by atoms with E-state index in [1.165, 1.54) is 6.08 Å². The van der Waals surface area contributed by atoms with Crippen LogP contribution in [-0.4, -0.2) is 17.7 Å². The Morgan fingerprint density at radius 2 is 1.96 bits per heavy atom. The molecule has 0 aliphatic rings. The van der Waals surface area contributed by atoms with Gasteiger partial charge in [0.25, 0.3) is 0 Å². The molecule has 0 saturated carbocycles. The molecule has 0 spiro atoms. The largest absolute Gasteiger partial charge is 0.458 e. The van der Waals surface area contributed by atoms with Crippen molar-refractivity contribution in [2.45, 2.75) is 20.0 Å². The van der Waals surface area contributed by atoms with Gasteiger partial charge in [-0.15, -0.1) is 0 Å². The molecule has 0 saturated heterocycles. The first-order valence-corrected chi connectivity index (χ1v) is 8.71. The van der Waals surface area contributed by atoms with Gasteiger partial charge in [-0.3, -0.25) is 0 Å². The predicted octanol–water partition coefficient (Wildman–Crippen LogP) is 3.89. The van der Waals surface area contributed by atoms with Crippen molar-refractivity contribution in [1.82, 2.24) is 0 Å².